The molecule has 2 rings (SSSR count). The Kier molecular flexibility index (Phi) is 4.69. The van der Waals surface area contributed by atoms with Crippen molar-refractivity contribution >= 4 is 5.97 Å². The molecule has 0 aliphatic rings. The molecular formula is C13H19N5O3. The number of carboxylic acids is 1. The van der Waals surface area contributed by atoms with Crippen molar-refractivity contribution in [2.75, 3.05) is 13.2 Å². The Balaban J connectivity index is 2.22. The van der Waals surface area contributed by atoms with Gasteiger partial charge in [-0.25, -0.2) is 14.5 Å². The van der Waals surface area contributed by atoms with Crippen molar-refractivity contribution in [3.8, 4) is 11.4 Å². The normalized spacial score (nSPS) is 11.2. The van der Waals surface area contributed by atoms with Crippen LogP contribution in [0.4, 0.5) is 0 Å². The number of rotatable bonds is 7. The van der Waals surface area contributed by atoms with E-state index < -0.39 is 5.97 Å². The smallest absolute Gasteiger partial charge is 0.358 e. The maximum Gasteiger partial charge on any atom is 0.358 e. The van der Waals surface area contributed by atoms with Gasteiger partial charge in [0.15, 0.2) is 5.69 Å². The largest absolute Gasteiger partial charge is 0.476 e. The van der Waals surface area contributed by atoms with Crippen LogP contribution in [0, 0.1) is 5.92 Å². The minimum atomic E-state index is -1.11. The lowest BCUT2D eigenvalue weighted by Gasteiger charge is -2.09. The lowest BCUT2D eigenvalue weighted by atomic mass is 10.2. The molecule has 21 heavy (non-hydrogen) atoms. The summed E-state index contributed by atoms with van der Waals surface area (Å²) in [6, 6.07) is 0. The minimum Gasteiger partial charge on any atom is -0.476 e. The molecule has 0 spiro atoms. The number of aromatic nitrogens is 5. The molecule has 2 aromatic heterocycles. The number of carboxylic acid groups (broad SMARTS) is 1. The van der Waals surface area contributed by atoms with Gasteiger partial charge in [0.05, 0.1) is 31.4 Å². The van der Waals surface area contributed by atoms with Crippen molar-refractivity contribution in [1.29, 1.82) is 0 Å². The van der Waals surface area contributed by atoms with Crippen molar-refractivity contribution in [2.24, 2.45) is 13.0 Å². The quantitative estimate of drug-likeness (QED) is 0.767. The maximum absolute atomic E-state index is 11.3. The third-order valence-electron chi connectivity index (χ3n) is 2.90. The van der Waals surface area contributed by atoms with Crippen LogP contribution in [-0.2, 0) is 18.3 Å². The van der Waals surface area contributed by atoms with Crippen molar-refractivity contribution in [3.63, 3.8) is 0 Å². The predicted molar refractivity (Wildman–Crippen MR) is 74.8 cm³/mol. The molecule has 8 nitrogen and oxygen atoms in total. The van der Waals surface area contributed by atoms with Crippen molar-refractivity contribution in [2.45, 2.75) is 20.4 Å². The first-order chi connectivity index (χ1) is 10.0. The van der Waals surface area contributed by atoms with Gasteiger partial charge in [-0.1, -0.05) is 19.1 Å². The fourth-order valence-electron chi connectivity index (χ4n) is 1.92. The fraction of sp³-hybridized carbons (Fsp3) is 0.538. The van der Waals surface area contributed by atoms with Crippen LogP contribution in [0.1, 0.15) is 24.3 Å². The minimum absolute atomic E-state index is 0.0811. The van der Waals surface area contributed by atoms with Gasteiger partial charge < -0.3 is 14.4 Å². The number of imidazole rings is 1. The molecule has 0 aliphatic carbocycles. The molecule has 0 saturated carbocycles. The van der Waals surface area contributed by atoms with Crippen LogP contribution in [0.25, 0.3) is 11.4 Å². The molecule has 0 aliphatic heterocycles. The van der Waals surface area contributed by atoms with E-state index >= 15 is 0 Å². The van der Waals surface area contributed by atoms with Gasteiger partial charge in [0.2, 0.25) is 0 Å². The number of carbonyl (C=O) groups is 1. The first-order valence-electron chi connectivity index (χ1n) is 6.72. The van der Waals surface area contributed by atoms with Crippen LogP contribution < -0.4 is 0 Å². The molecule has 0 fully saturated rings. The van der Waals surface area contributed by atoms with Gasteiger partial charge in [0.1, 0.15) is 5.69 Å². The second-order valence-corrected chi connectivity index (χ2v) is 5.17. The first kappa shape index (κ1) is 15.2. The van der Waals surface area contributed by atoms with Crippen molar-refractivity contribution < 1.29 is 14.6 Å². The highest BCUT2D eigenvalue weighted by molar-refractivity contribution is 5.92. The summed E-state index contributed by atoms with van der Waals surface area (Å²) in [6.07, 6.45) is 3.20. The zero-order valence-corrected chi connectivity index (χ0v) is 12.4. The molecule has 2 heterocycles. The molecule has 0 bridgehead atoms. The first-order valence-corrected chi connectivity index (χ1v) is 6.72. The lowest BCUT2D eigenvalue weighted by molar-refractivity contribution is 0.0691. The Labute approximate surface area is 122 Å². The molecule has 0 aromatic carbocycles. The van der Waals surface area contributed by atoms with Crippen LogP contribution in [-0.4, -0.2) is 48.8 Å². The highest BCUT2D eigenvalue weighted by Crippen LogP contribution is 2.21. The molecule has 0 amide bonds. The van der Waals surface area contributed by atoms with Crippen LogP contribution in [0.5, 0.6) is 0 Å². The zero-order valence-electron chi connectivity index (χ0n) is 12.4. The summed E-state index contributed by atoms with van der Waals surface area (Å²) in [4.78, 5) is 15.3. The van der Waals surface area contributed by atoms with E-state index in [2.05, 4.69) is 29.1 Å². The van der Waals surface area contributed by atoms with Gasteiger partial charge in [-0.15, -0.1) is 5.10 Å². The number of aromatic carboxylic acids is 1. The third-order valence-corrected chi connectivity index (χ3v) is 2.90. The van der Waals surface area contributed by atoms with E-state index in [1.54, 1.807) is 28.8 Å². The second kappa shape index (κ2) is 6.49. The standard InChI is InChI=1S/C13H19N5O3/c1-9(2)7-21-5-4-18-12(10-6-14-8-17(10)3)11(13(19)20)15-16-18/h6,8-9H,4-5,7H2,1-3H3,(H,19,20). The number of hydrogen-bond acceptors (Lipinski definition) is 5. The van der Waals surface area contributed by atoms with E-state index in [9.17, 15) is 9.90 Å². The number of aryl methyl sites for hydroxylation is 1. The Morgan fingerprint density at radius 2 is 2.24 bits per heavy atom. The highest BCUT2D eigenvalue weighted by atomic mass is 16.5. The molecule has 114 valence electrons. The van der Waals surface area contributed by atoms with Gasteiger partial charge in [-0.2, -0.15) is 0 Å². The molecule has 2 aromatic rings. The fourth-order valence-corrected chi connectivity index (χ4v) is 1.92. The van der Waals surface area contributed by atoms with E-state index in [1.807, 2.05) is 0 Å². The second-order valence-electron chi connectivity index (χ2n) is 5.17. The van der Waals surface area contributed by atoms with Gasteiger partial charge in [-0.3, -0.25) is 0 Å². The van der Waals surface area contributed by atoms with E-state index in [-0.39, 0.29) is 5.69 Å². The van der Waals surface area contributed by atoms with Crippen LogP contribution in [0.3, 0.4) is 0 Å². The predicted octanol–water partition coefficient (Wildman–Crippen LogP) is 1.05. The summed E-state index contributed by atoms with van der Waals surface area (Å²) in [5.74, 6) is -0.660. The summed E-state index contributed by atoms with van der Waals surface area (Å²) < 4.78 is 8.79. The Morgan fingerprint density at radius 3 is 2.81 bits per heavy atom. The molecule has 0 saturated heterocycles. The molecular weight excluding hydrogens is 274 g/mol. The van der Waals surface area contributed by atoms with Crippen LogP contribution in [0.15, 0.2) is 12.5 Å². The Bertz CT molecular complexity index is 617. The average molecular weight is 293 g/mol. The maximum atomic E-state index is 11.3. The summed E-state index contributed by atoms with van der Waals surface area (Å²) in [5, 5.41) is 16.9. The molecule has 0 atom stereocenters. The monoisotopic (exact) mass is 293 g/mol. The summed E-state index contributed by atoms with van der Waals surface area (Å²) in [7, 11) is 1.79. The van der Waals surface area contributed by atoms with E-state index in [0.29, 0.717) is 37.1 Å². The summed E-state index contributed by atoms with van der Waals surface area (Å²) in [6.45, 7) is 5.68. The summed E-state index contributed by atoms with van der Waals surface area (Å²) >= 11 is 0. The molecule has 0 radical (unpaired) electrons. The molecule has 0 unspecified atom stereocenters. The Morgan fingerprint density at radius 1 is 1.48 bits per heavy atom. The number of nitrogens with zero attached hydrogens (tertiary/aromatic N) is 5. The average Bonchev–Trinajstić information content (AvgIpc) is 3.00. The third kappa shape index (κ3) is 3.46. The van der Waals surface area contributed by atoms with Gasteiger partial charge >= 0.3 is 5.97 Å². The molecule has 8 heteroatoms. The van der Waals surface area contributed by atoms with E-state index in [0.717, 1.165) is 0 Å². The van der Waals surface area contributed by atoms with Gasteiger partial charge in [0, 0.05) is 13.7 Å². The van der Waals surface area contributed by atoms with Gasteiger partial charge in [-0.05, 0) is 5.92 Å². The van der Waals surface area contributed by atoms with Crippen LogP contribution in [0.2, 0.25) is 0 Å². The Hall–Kier alpha value is -2.22. The van der Waals surface area contributed by atoms with Crippen LogP contribution >= 0.6 is 0 Å². The van der Waals surface area contributed by atoms with Gasteiger partial charge in [0.25, 0.3) is 0 Å². The van der Waals surface area contributed by atoms with E-state index in [4.69, 9.17) is 4.74 Å². The van der Waals surface area contributed by atoms with E-state index in [1.165, 1.54) is 0 Å². The zero-order chi connectivity index (χ0) is 15.4. The lowest BCUT2D eigenvalue weighted by Crippen LogP contribution is -2.13. The number of ether oxygens (including phenoxy) is 1. The van der Waals surface area contributed by atoms with Crippen molar-refractivity contribution in [3.05, 3.63) is 18.2 Å². The van der Waals surface area contributed by atoms with Crippen molar-refractivity contribution in [1.82, 2.24) is 24.5 Å². The topological polar surface area (TPSA) is 95.1 Å². The highest BCUT2D eigenvalue weighted by Gasteiger charge is 2.22. The SMILES string of the molecule is CC(C)COCCn1nnc(C(=O)O)c1-c1cncn1C. The molecule has 1 N–H and O–H groups in total. The summed E-state index contributed by atoms with van der Waals surface area (Å²) in [5.41, 5.74) is 1.01. The number of hydrogen-bond donors (Lipinski definition) is 1.